The Morgan fingerprint density at radius 1 is 1.04 bits per heavy atom. The van der Waals surface area contributed by atoms with Crippen molar-refractivity contribution in [1.29, 1.82) is 0 Å². The van der Waals surface area contributed by atoms with E-state index in [2.05, 4.69) is 63.9 Å². The number of piperazine rings is 1. The second-order valence-electron chi connectivity index (χ2n) is 12.5. The third-order valence-corrected chi connectivity index (χ3v) is 10.9. The Balaban J connectivity index is 1.41. The van der Waals surface area contributed by atoms with E-state index in [1.807, 2.05) is 32.9 Å². The summed E-state index contributed by atoms with van der Waals surface area (Å²) in [6.07, 6.45) is 1.86. The molecule has 2 aromatic carbocycles. The summed E-state index contributed by atoms with van der Waals surface area (Å²) in [5.41, 5.74) is 7.60. The third-order valence-electron chi connectivity index (χ3n) is 9.42. The number of hydrogen-bond donors (Lipinski definition) is 2. The summed E-state index contributed by atoms with van der Waals surface area (Å²) in [4.78, 5) is 33.9. The van der Waals surface area contributed by atoms with Gasteiger partial charge in [-0.1, -0.05) is 30.8 Å². The number of hydrogen-bond acceptors (Lipinski definition) is 7. The molecule has 2 aliphatic rings. The highest BCUT2D eigenvalue weighted by molar-refractivity contribution is 7.92. The van der Waals surface area contributed by atoms with E-state index in [9.17, 15) is 18.0 Å². The van der Waals surface area contributed by atoms with Crippen LogP contribution in [0.4, 0.5) is 5.69 Å². The zero-order valence-corrected chi connectivity index (χ0v) is 28.8. The van der Waals surface area contributed by atoms with Crippen LogP contribution in [-0.4, -0.2) is 80.5 Å². The van der Waals surface area contributed by atoms with E-state index < -0.39 is 10.0 Å². The molecule has 0 saturated carbocycles. The number of sulfonamides is 1. The fraction of sp³-hybridized carbons (Fsp3) is 0.444. The van der Waals surface area contributed by atoms with Crippen molar-refractivity contribution in [1.82, 2.24) is 19.5 Å². The molecule has 0 spiro atoms. The smallest absolute Gasteiger partial charge is 0.253 e. The minimum atomic E-state index is -3.39. The van der Waals surface area contributed by atoms with Crippen molar-refractivity contribution >= 4 is 21.6 Å². The predicted molar refractivity (Wildman–Crippen MR) is 187 cm³/mol. The number of aromatic nitrogens is 1. The van der Waals surface area contributed by atoms with Gasteiger partial charge in [0.2, 0.25) is 10.0 Å². The first-order chi connectivity index (χ1) is 22.5. The minimum Gasteiger partial charge on any atom is -0.381 e. The number of ether oxygens (including phenoxy) is 1. The first kappa shape index (κ1) is 34.6. The van der Waals surface area contributed by atoms with Gasteiger partial charge in [-0.25, -0.2) is 8.42 Å². The first-order valence-corrected chi connectivity index (χ1v) is 17.9. The number of aromatic amines is 1. The molecule has 1 amide bonds. The number of carbonyl (C=O) groups excluding carboxylic acids is 1. The van der Waals surface area contributed by atoms with Crippen LogP contribution in [0.15, 0.2) is 59.2 Å². The summed E-state index contributed by atoms with van der Waals surface area (Å²) in [6, 6.07) is 14.7. The Morgan fingerprint density at radius 3 is 2.34 bits per heavy atom. The summed E-state index contributed by atoms with van der Waals surface area (Å²) >= 11 is 0. The summed E-state index contributed by atoms with van der Waals surface area (Å²) in [7, 11) is -3.39. The van der Waals surface area contributed by atoms with Crippen LogP contribution in [0.5, 0.6) is 0 Å². The highest BCUT2D eigenvalue weighted by Gasteiger charge is 2.26. The average molecular weight is 662 g/mol. The Kier molecular flexibility index (Phi) is 11.0. The largest absolute Gasteiger partial charge is 0.381 e. The van der Waals surface area contributed by atoms with Crippen molar-refractivity contribution in [2.45, 2.75) is 59.7 Å². The van der Waals surface area contributed by atoms with Gasteiger partial charge < -0.3 is 19.9 Å². The van der Waals surface area contributed by atoms with Crippen LogP contribution in [0.25, 0.3) is 11.1 Å². The van der Waals surface area contributed by atoms with Crippen LogP contribution in [0.1, 0.15) is 58.1 Å². The number of rotatable bonds is 11. The second-order valence-corrected chi connectivity index (χ2v) is 14.4. The van der Waals surface area contributed by atoms with E-state index >= 15 is 0 Å². The Labute approximate surface area is 278 Å². The van der Waals surface area contributed by atoms with Gasteiger partial charge in [-0.15, -0.1) is 0 Å². The SMILES string of the molecule is C=CS(=O)(=O)N1CCN(Cc2ccc(-c3cc(C(=O)NCc4c(C)cc(C)[nH]c4=O)c(C)c(N(CC)C4CCOCC4)c3)cc2)CC1. The van der Waals surface area contributed by atoms with E-state index in [-0.39, 0.29) is 18.0 Å². The topological polar surface area (TPSA) is 115 Å². The number of anilines is 1. The Bertz CT molecular complexity index is 1760. The van der Waals surface area contributed by atoms with Crippen molar-refractivity contribution in [3.8, 4) is 11.1 Å². The molecule has 47 heavy (non-hydrogen) atoms. The molecule has 11 heteroatoms. The fourth-order valence-electron chi connectivity index (χ4n) is 6.70. The standard InChI is InChI=1S/C36H47N5O5S/c1-6-41(31-12-18-46-19-13-31)34-22-30(21-32(27(34)5)35(42)37-23-33-25(3)20-26(4)38-36(33)43)29-10-8-28(9-11-29)24-39-14-16-40(17-15-39)47(44,45)7-2/h7-11,20-22,31H,2,6,12-19,23-24H2,1,3-5H3,(H,37,42)(H,38,43). The zero-order chi connectivity index (χ0) is 33.7. The Hall–Kier alpha value is -3.77. The molecule has 10 nitrogen and oxygen atoms in total. The van der Waals surface area contributed by atoms with Gasteiger partial charge in [-0.3, -0.25) is 14.5 Å². The molecule has 1 aromatic heterocycles. The number of nitrogens with zero attached hydrogens (tertiary/aromatic N) is 3. The lowest BCUT2D eigenvalue weighted by atomic mass is 9.94. The van der Waals surface area contributed by atoms with Gasteiger partial charge >= 0.3 is 0 Å². The number of amides is 1. The van der Waals surface area contributed by atoms with Crippen LogP contribution in [0, 0.1) is 20.8 Å². The van der Waals surface area contributed by atoms with E-state index in [0.717, 1.165) is 83.8 Å². The van der Waals surface area contributed by atoms with E-state index in [1.54, 1.807) is 0 Å². The van der Waals surface area contributed by atoms with Crippen molar-refractivity contribution in [2.75, 3.05) is 50.8 Å². The Morgan fingerprint density at radius 2 is 1.72 bits per heavy atom. The minimum absolute atomic E-state index is 0.138. The maximum atomic E-state index is 13.8. The third kappa shape index (κ3) is 8.03. The molecule has 3 aromatic rings. The molecule has 0 bridgehead atoms. The van der Waals surface area contributed by atoms with Gasteiger partial charge in [0.25, 0.3) is 11.5 Å². The molecule has 3 heterocycles. The van der Waals surface area contributed by atoms with Crippen LogP contribution in [0.3, 0.4) is 0 Å². The number of H-pyrrole nitrogens is 1. The molecule has 0 radical (unpaired) electrons. The average Bonchev–Trinajstić information content (AvgIpc) is 3.06. The van der Waals surface area contributed by atoms with E-state index in [4.69, 9.17) is 4.74 Å². The lowest BCUT2D eigenvalue weighted by Crippen LogP contribution is -2.47. The zero-order valence-electron chi connectivity index (χ0n) is 28.0. The molecule has 2 N–H and O–H groups in total. The number of aryl methyl sites for hydroxylation is 2. The predicted octanol–water partition coefficient (Wildman–Crippen LogP) is 4.49. The van der Waals surface area contributed by atoms with Gasteiger partial charge in [0.05, 0.1) is 0 Å². The highest BCUT2D eigenvalue weighted by Crippen LogP contribution is 2.34. The van der Waals surface area contributed by atoms with Crippen molar-refractivity contribution in [3.63, 3.8) is 0 Å². The lowest BCUT2D eigenvalue weighted by molar-refractivity contribution is 0.0846. The number of carbonyl (C=O) groups is 1. The van der Waals surface area contributed by atoms with Crippen LogP contribution in [-0.2, 0) is 27.8 Å². The maximum absolute atomic E-state index is 13.8. The fourth-order valence-corrected chi connectivity index (χ4v) is 7.58. The number of benzene rings is 2. The molecule has 0 atom stereocenters. The van der Waals surface area contributed by atoms with Gasteiger partial charge in [0.15, 0.2) is 0 Å². The van der Waals surface area contributed by atoms with Crippen molar-refractivity contribution < 1.29 is 17.9 Å². The lowest BCUT2D eigenvalue weighted by Gasteiger charge is -2.37. The first-order valence-electron chi connectivity index (χ1n) is 16.4. The highest BCUT2D eigenvalue weighted by atomic mass is 32.2. The van der Waals surface area contributed by atoms with Gasteiger partial charge in [-0.05, 0) is 86.6 Å². The normalized spacial score (nSPS) is 16.6. The van der Waals surface area contributed by atoms with E-state index in [0.29, 0.717) is 43.3 Å². The molecule has 252 valence electrons. The van der Waals surface area contributed by atoms with Crippen molar-refractivity contribution in [2.24, 2.45) is 0 Å². The van der Waals surface area contributed by atoms with Gasteiger partial charge in [0.1, 0.15) is 0 Å². The second kappa shape index (κ2) is 15.0. The molecule has 2 saturated heterocycles. The number of pyridine rings is 1. The van der Waals surface area contributed by atoms with Gasteiger partial charge in [-0.2, -0.15) is 4.31 Å². The van der Waals surface area contributed by atoms with E-state index in [1.165, 1.54) is 4.31 Å². The molecule has 2 fully saturated rings. The maximum Gasteiger partial charge on any atom is 0.253 e. The summed E-state index contributed by atoms with van der Waals surface area (Å²) in [5, 5.41) is 4.04. The molecular weight excluding hydrogens is 614 g/mol. The van der Waals surface area contributed by atoms with Crippen molar-refractivity contribution in [3.05, 3.63) is 98.3 Å². The molecule has 0 aliphatic carbocycles. The molecule has 2 aliphatic heterocycles. The summed E-state index contributed by atoms with van der Waals surface area (Å²) in [6.45, 7) is 16.6. The van der Waals surface area contributed by atoms with Crippen LogP contribution < -0.4 is 15.8 Å². The summed E-state index contributed by atoms with van der Waals surface area (Å²) in [5.74, 6) is -0.220. The monoisotopic (exact) mass is 661 g/mol. The quantitative estimate of drug-likeness (QED) is 0.311. The number of nitrogens with one attached hydrogen (secondary N) is 2. The van der Waals surface area contributed by atoms with Gasteiger partial charge in [0, 0.05) is 93.0 Å². The molecule has 5 rings (SSSR count). The van der Waals surface area contributed by atoms with Crippen LogP contribution in [0.2, 0.25) is 0 Å². The summed E-state index contributed by atoms with van der Waals surface area (Å²) < 4.78 is 31.4. The molecule has 0 unspecified atom stereocenters. The van der Waals surface area contributed by atoms with Crippen LogP contribution >= 0.6 is 0 Å². The molecular formula is C36H47N5O5S.